The highest BCUT2D eigenvalue weighted by atomic mass is 16.7. The Bertz CT molecular complexity index is 1300. The van der Waals surface area contributed by atoms with Crippen molar-refractivity contribution < 1.29 is 48.0 Å². The molecule has 2 aliphatic rings. The summed E-state index contributed by atoms with van der Waals surface area (Å²) < 4.78 is 28.3. The molecule has 13 nitrogen and oxygen atoms in total. The van der Waals surface area contributed by atoms with E-state index in [1.165, 1.54) is 19.2 Å². The van der Waals surface area contributed by atoms with E-state index in [-0.39, 0.29) is 40.3 Å². The number of fused-ring (bicyclic) bond motifs is 1. The average molecular weight is 551 g/mol. The Hall–Kier alpha value is -3.39. The molecule has 13 heteroatoms. The molecule has 1 saturated heterocycles. The van der Waals surface area contributed by atoms with Gasteiger partial charge in [0.15, 0.2) is 23.6 Å². The molecule has 0 unspecified atom stereocenters. The van der Waals surface area contributed by atoms with Crippen LogP contribution >= 0.6 is 0 Å². The van der Waals surface area contributed by atoms with Crippen molar-refractivity contribution in [3.63, 3.8) is 0 Å². The Kier molecular flexibility index (Phi) is 8.07. The molecule has 0 spiro atoms. The van der Waals surface area contributed by atoms with Crippen LogP contribution in [0.5, 0.6) is 11.5 Å². The largest absolute Gasteiger partial charge is 0.505 e. The maximum atomic E-state index is 12.6. The van der Waals surface area contributed by atoms with E-state index in [0.717, 1.165) is 12.8 Å². The van der Waals surface area contributed by atoms with Crippen molar-refractivity contribution in [2.24, 2.45) is 5.92 Å². The zero-order valence-electron chi connectivity index (χ0n) is 22.6. The number of aromatic hydroxyl groups is 1. The summed E-state index contributed by atoms with van der Waals surface area (Å²) >= 11 is 0. The molecule has 1 aliphatic carbocycles. The predicted molar refractivity (Wildman–Crippen MR) is 136 cm³/mol. The molecule has 1 aliphatic heterocycles. The molecule has 4 N–H and O–H groups in total. The lowest BCUT2D eigenvalue weighted by Gasteiger charge is -2.47. The maximum absolute atomic E-state index is 12.6. The smallest absolute Gasteiger partial charge is 0.431 e. The molecule has 0 bridgehead atoms. The first kappa shape index (κ1) is 28.6. The van der Waals surface area contributed by atoms with Crippen LogP contribution in [0.1, 0.15) is 46.1 Å². The summed E-state index contributed by atoms with van der Waals surface area (Å²) in [4.78, 5) is 42.1. The second-order valence-electron chi connectivity index (χ2n) is 10.4. The van der Waals surface area contributed by atoms with E-state index in [0.29, 0.717) is 5.56 Å². The molecule has 4 rings (SSSR count). The van der Waals surface area contributed by atoms with Crippen molar-refractivity contribution in [3.05, 3.63) is 28.1 Å². The zero-order valence-corrected chi connectivity index (χ0v) is 22.6. The van der Waals surface area contributed by atoms with E-state index in [4.69, 9.17) is 28.2 Å². The van der Waals surface area contributed by atoms with Gasteiger partial charge >= 0.3 is 11.7 Å². The molecule has 2 heterocycles. The number of aliphatic hydroxyl groups is 1. The van der Waals surface area contributed by atoms with Gasteiger partial charge in [-0.25, -0.2) is 9.59 Å². The minimum absolute atomic E-state index is 0.0248. The Morgan fingerprint density at radius 2 is 1.90 bits per heavy atom. The van der Waals surface area contributed by atoms with Crippen molar-refractivity contribution in [2.75, 3.05) is 12.4 Å². The molecule has 2 fully saturated rings. The zero-order chi connectivity index (χ0) is 28.6. The molecular formula is C26H34N2O11. The molecule has 1 aromatic heterocycles. The number of benzene rings is 1. The summed E-state index contributed by atoms with van der Waals surface area (Å²) in [5, 5.41) is 24.4. The van der Waals surface area contributed by atoms with E-state index in [2.05, 4.69) is 10.8 Å². The van der Waals surface area contributed by atoms with Crippen molar-refractivity contribution in [3.8, 4) is 11.5 Å². The average Bonchev–Trinajstić information content (AvgIpc) is 3.71. The number of anilines is 1. The van der Waals surface area contributed by atoms with E-state index in [1.54, 1.807) is 34.6 Å². The molecule has 4 atom stereocenters. The SMILES string of the molecule is CO[C@@H]1[C@@H](OC(=O)NOC(C)C)[C@@H](O)[C@H](Oc2ccc3c(O)c(NC(=O)C4CC4)c(=O)oc3c2C)OC1(C)C. The van der Waals surface area contributed by atoms with Crippen molar-refractivity contribution in [1.29, 1.82) is 0 Å². The molecule has 1 saturated carbocycles. The standard InChI is InChI=1S/C26H34N2O11/c1-11(2)39-28-25(33)37-20-18(30)24(38-26(4,5)21(20)34-6)35-15-10-9-14-17(29)16(27-22(31)13-7-8-13)23(32)36-19(14)12(15)3/h9-11,13,18,20-21,24,29-30H,7-8H2,1-6H3,(H,27,31)(H,28,33)/t18-,20+,21-,24-/m1/s1. The number of amides is 2. The summed E-state index contributed by atoms with van der Waals surface area (Å²) in [6.07, 6.45) is -4.69. The van der Waals surface area contributed by atoms with Crippen LogP contribution in [-0.4, -0.2) is 65.6 Å². The Labute approximate surface area is 224 Å². The quantitative estimate of drug-likeness (QED) is 0.281. The van der Waals surface area contributed by atoms with Crippen LogP contribution in [0.2, 0.25) is 0 Å². The Morgan fingerprint density at radius 1 is 1.21 bits per heavy atom. The number of hydrogen-bond donors (Lipinski definition) is 4. The van der Waals surface area contributed by atoms with Crippen LogP contribution in [0.3, 0.4) is 0 Å². The minimum atomic E-state index is -1.50. The van der Waals surface area contributed by atoms with Crippen molar-refractivity contribution in [2.45, 2.75) is 83.8 Å². The number of nitrogens with one attached hydrogen (secondary N) is 2. The fourth-order valence-electron chi connectivity index (χ4n) is 4.42. The fourth-order valence-corrected chi connectivity index (χ4v) is 4.42. The van der Waals surface area contributed by atoms with Gasteiger partial charge in [0.25, 0.3) is 0 Å². The number of ether oxygens (including phenoxy) is 4. The van der Waals surface area contributed by atoms with E-state index >= 15 is 0 Å². The van der Waals surface area contributed by atoms with Gasteiger partial charge in [-0.2, -0.15) is 5.48 Å². The molecule has 1 aromatic carbocycles. The number of hydrogen-bond acceptors (Lipinski definition) is 11. The van der Waals surface area contributed by atoms with E-state index in [9.17, 15) is 24.6 Å². The minimum Gasteiger partial charge on any atom is -0.505 e. The van der Waals surface area contributed by atoms with Crippen LogP contribution in [0, 0.1) is 12.8 Å². The molecule has 2 amide bonds. The highest BCUT2D eigenvalue weighted by molar-refractivity contribution is 5.99. The third-order valence-electron chi connectivity index (χ3n) is 6.58. The fraction of sp³-hybridized carbons (Fsp3) is 0.577. The number of hydroxylamine groups is 1. The van der Waals surface area contributed by atoms with Gasteiger partial charge in [-0.1, -0.05) is 0 Å². The van der Waals surface area contributed by atoms with E-state index < -0.39 is 47.7 Å². The highest BCUT2D eigenvalue weighted by Crippen LogP contribution is 2.39. The number of rotatable bonds is 8. The van der Waals surface area contributed by atoms with Crippen LogP contribution in [-0.2, 0) is 23.8 Å². The van der Waals surface area contributed by atoms with Gasteiger partial charge in [-0.05, 0) is 59.6 Å². The number of carbonyl (C=O) groups is 2. The van der Waals surface area contributed by atoms with E-state index in [1.807, 2.05) is 0 Å². The first-order chi connectivity index (χ1) is 18.3. The van der Waals surface area contributed by atoms with Gasteiger partial charge in [0.1, 0.15) is 17.4 Å². The molecule has 214 valence electrons. The lowest BCUT2D eigenvalue weighted by molar-refractivity contribution is -0.305. The second-order valence-corrected chi connectivity index (χ2v) is 10.4. The van der Waals surface area contributed by atoms with Gasteiger partial charge in [-0.3, -0.25) is 9.63 Å². The lowest BCUT2D eigenvalue weighted by Crippen LogP contribution is -2.65. The lowest BCUT2D eigenvalue weighted by atomic mass is 9.89. The van der Waals surface area contributed by atoms with Crippen molar-refractivity contribution >= 4 is 28.7 Å². The summed E-state index contributed by atoms with van der Waals surface area (Å²) in [6, 6.07) is 2.94. The second kappa shape index (κ2) is 11.0. The van der Waals surface area contributed by atoms with Crippen LogP contribution in [0.25, 0.3) is 11.0 Å². The number of methoxy groups -OCH3 is 1. The number of aryl methyl sites for hydroxylation is 1. The van der Waals surface area contributed by atoms with Gasteiger partial charge in [0.2, 0.25) is 12.2 Å². The molecule has 2 aromatic rings. The number of carbonyl (C=O) groups excluding carboxylic acids is 2. The summed E-state index contributed by atoms with van der Waals surface area (Å²) in [5.41, 5.74) is 0.172. The third-order valence-corrected chi connectivity index (χ3v) is 6.58. The monoisotopic (exact) mass is 550 g/mol. The normalized spacial score (nSPS) is 24.4. The maximum Gasteiger partial charge on any atom is 0.431 e. The highest BCUT2D eigenvalue weighted by Gasteiger charge is 2.53. The molecular weight excluding hydrogens is 516 g/mol. The van der Waals surface area contributed by atoms with Gasteiger partial charge < -0.3 is 38.9 Å². The van der Waals surface area contributed by atoms with Crippen molar-refractivity contribution in [1.82, 2.24) is 5.48 Å². The Balaban J connectivity index is 1.60. The summed E-state index contributed by atoms with van der Waals surface area (Å²) in [5.74, 6) is -0.786. The summed E-state index contributed by atoms with van der Waals surface area (Å²) in [7, 11) is 1.39. The van der Waals surface area contributed by atoms with Crippen LogP contribution in [0.4, 0.5) is 10.5 Å². The first-order valence-electron chi connectivity index (χ1n) is 12.6. The first-order valence-corrected chi connectivity index (χ1v) is 12.6. The van der Waals surface area contributed by atoms with Gasteiger partial charge in [0.05, 0.1) is 17.1 Å². The van der Waals surface area contributed by atoms with Crippen LogP contribution < -0.4 is 21.2 Å². The Morgan fingerprint density at radius 3 is 2.51 bits per heavy atom. The third kappa shape index (κ3) is 5.96. The predicted octanol–water partition coefficient (Wildman–Crippen LogP) is 2.48. The molecule has 39 heavy (non-hydrogen) atoms. The van der Waals surface area contributed by atoms with Crippen LogP contribution in [0.15, 0.2) is 21.3 Å². The van der Waals surface area contributed by atoms with Gasteiger partial charge in [0, 0.05) is 18.6 Å². The summed E-state index contributed by atoms with van der Waals surface area (Å²) in [6.45, 7) is 8.39. The molecule has 0 radical (unpaired) electrons. The topological polar surface area (TPSA) is 175 Å². The van der Waals surface area contributed by atoms with Gasteiger partial charge in [-0.15, -0.1) is 0 Å². The number of aliphatic hydroxyl groups excluding tert-OH is 1.